The molecule has 1 heterocycles. The highest BCUT2D eigenvalue weighted by atomic mass is 35.5. The molecule has 0 saturated carbocycles. The Morgan fingerprint density at radius 2 is 1.74 bits per heavy atom. The van der Waals surface area contributed by atoms with Gasteiger partial charge in [-0.25, -0.2) is 0 Å². The minimum Gasteiger partial charge on any atom is -0.342 e. The molecule has 0 radical (unpaired) electrons. The lowest BCUT2D eigenvalue weighted by molar-refractivity contribution is -0.137. The lowest BCUT2D eigenvalue weighted by Crippen LogP contribution is -2.46. The summed E-state index contributed by atoms with van der Waals surface area (Å²) in [4.78, 5) is 14.7. The van der Waals surface area contributed by atoms with E-state index < -0.39 is 0 Å². The van der Waals surface area contributed by atoms with Crippen LogP contribution in [0.5, 0.6) is 0 Å². The molecule has 1 fully saturated rings. The summed E-state index contributed by atoms with van der Waals surface area (Å²) in [6, 6.07) is 0.479. The van der Waals surface area contributed by atoms with Gasteiger partial charge in [-0.15, -0.1) is 12.4 Å². The lowest BCUT2D eigenvalue weighted by atomic mass is 9.91. The Hall–Kier alpha value is -0.280. The van der Waals surface area contributed by atoms with Gasteiger partial charge in [-0.05, 0) is 38.1 Å². The Bertz CT molecular complexity index is 259. The van der Waals surface area contributed by atoms with E-state index in [9.17, 15) is 4.79 Å². The predicted octanol–water partition coefficient (Wildman–Crippen LogP) is 2.94. The summed E-state index contributed by atoms with van der Waals surface area (Å²) in [6.07, 6.45) is 1.99. The molecule has 1 aliphatic rings. The molecule has 1 N–H and O–H groups in total. The average Bonchev–Trinajstić information content (AvgIpc) is 2.26. The smallest absolute Gasteiger partial charge is 0.225 e. The number of nitrogens with zero attached hydrogens (tertiary/aromatic N) is 1. The summed E-state index contributed by atoms with van der Waals surface area (Å²) in [5.41, 5.74) is 0. The third-order valence-corrected chi connectivity index (χ3v) is 3.46. The molecule has 2 atom stereocenters. The summed E-state index contributed by atoms with van der Waals surface area (Å²) in [6.45, 7) is 13.7. The van der Waals surface area contributed by atoms with Crippen molar-refractivity contribution in [1.29, 1.82) is 0 Å². The summed E-state index contributed by atoms with van der Waals surface area (Å²) in [7, 11) is 0. The summed E-state index contributed by atoms with van der Waals surface area (Å²) in [5.74, 6) is 1.71. The molecule has 19 heavy (non-hydrogen) atoms. The van der Waals surface area contributed by atoms with E-state index in [2.05, 4.69) is 44.8 Å². The molecule has 1 rings (SSSR count). The fourth-order valence-electron chi connectivity index (χ4n) is 2.75. The first-order valence-corrected chi connectivity index (χ1v) is 7.42. The molecular weight excluding hydrogens is 260 g/mol. The number of nitrogens with one attached hydrogen (secondary N) is 1. The van der Waals surface area contributed by atoms with Gasteiger partial charge in [-0.1, -0.05) is 27.7 Å². The van der Waals surface area contributed by atoms with Crippen LogP contribution in [-0.2, 0) is 4.79 Å². The van der Waals surface area contributed by atoms with Crippen molar-refractivity contribution in [2.45, 2.75) is 53.5 Å². The minimum atomic E-state index is 0. The Morgan fingerprint density at radius 3 is 2.16 bits per heavy atom. The maximum absolute atomic E-state index is 12.6. The summed E-state index contributed by atoms with van der Waals surface area (Å²) < 4.78 is 0. The van der Waals surface area contributed by atoms with Gasteiger partial charge in [0.2, 0.25) is 5.91 Å². The van der Waals surface area contributed by atoms with Crippen molar-refractivity contribution < 1.29 is 4.79 Å². The van der Waals surface area contributed by atoms with Gasteiger partial charge in [0.1, 0.15) is 0 Å². The van der Waals surface area contributed by atoms with Crippen LogP contribution in [0.15, 0.2) is 0 Å². The second-order valence-electron chi connectivity index (χ2n) is 6.61. The van der Waals surface area contributed by atoms with Gasteiger partial charge in [0.15, 0.2) is 0 Å². The van der Waals surface area contributed by atoms with Crippen LogP contribution >= 0.6 is 12.4 Å². The SMILES string of the molecule is CC(C)CN(CC(C)C)C(=O)[C@H]1CCN[C@@H](C)C1.Cl. The monoisotopic (exact) mass is 290 g/mol. The highest BCUT2D eigenvalue weighted by Gasteiger charge is 2.28. The number of rotatable bonds is 5. The van der Waals surface area contributed by atoms with E-state index >= 15 is 0 Å². The van der Waals surface area contributed by atoms with E-state index in [4.69, 9.17) is 0 Å². The van der Waals surface area contributed by atoms with Crippen LogP contribution in [0.4, 0.5) is 0 Å². The molecule has 1 aliphatic heterocycles. The number of carbonyl (C=O) groups excluding carboxylic acids is 1. The second kappa shape index (κ2) is 8.80. The zero-order chi connectivity index (χ0) is 13.7. The molecule has 4 heteroatoms. The van der Waals surface area contributed by atoms with Gasteiger partial charge >= 0.3 is 0 Å². The van der Waals surface area contributed by atoms with Crippen LogP contribution in [-0.4, -0.2) is 36.5 Å². The fraction of sp³-hybridized carbons (Fsp3) is 0.933. The van der Waals surface area contributed by atoms with Crippen LogP contribution in [0, 0.1) is 17.8 Å². The molecule has 0 aromatic heterocycles. The number of amides is 1. The van der Waals surface area contributed by atoms with Gasteiger partial charge < -0.3 is 10.2 Å². The molecule has 0 bridgehead atoms. The zero-order valence-corrected chi connectivity index (χ0v) is 13.9. The molecule has 0 aromatic carbocycles. The normalized spacial score (nSPS) is 23.3. The van der Waals surface area contributed by atoms with Crippen molar-refractivity contribution in [2.75, 3.05) is 19.6 Å². The Balaban J connectivity index is 0.00000324. The van der Waals surface area contributed by atoms with E-state index in [0.717, 1.165) is 32.5 Å². The molecule has 1 saturated heterocycles. The number of piperidine rings is 1. The highest BCUT2D eigenvalue weighted by Crippen LogP contribution is 2.20. The molecule has 0 spiro atoms. The third-order valence-electron chi connectivity index (χ3n) is 3.46. The first kappa shape index (κ1) is 18.7. The van der Waals surface area contributed by atoms with Crippen LogP contribution in [0.3, 0.4) is 0 Å². The van der Waals surface area contributed by atoms with Crippen LogP contribution in [0.25, 0.3) is 0 Å². The standard InChI is InChI=1S/C15H30N2O.ClH/c1-11(2)9-17(10-12(3)4)15(18)14-6-7-16-13(5)8-14;/h11-14,16H,6-10H2,1-5H3;1H/t13-,14-;/m0./s1. The Morgan fingerprint density at radius 1 is 1.21 bits per heavy atom. The number of carbonyl (C=O) groups is 1. The summed E-state index contributed by atoms with van der Waals surface area (Å²) in [5, 5.41) is 3.42. The zero-order valence-electron chi connectivity index (χ0n) is 13.1. The Labute approximate surface area is 124 Å². The quantitative estimate of drug-likeness (QED) is 0.844. The predicted molar refractivity (Wildman–Crippen MR) is 83.7 cm³/mol. The fourth-order valence-corrected chi connectivity index (χ4v) is 2.75. The Kier molecular flexibility index (Phi) is 8.67. The number of hydrogen-bond acceptors (Lipinski definition) is 2. The van der Waals surface area contributed by atoms with Crippen LogP contribution in [0.1, 0.15) is 47.5 Å². The highest BCUT2D eigenvalue weighted by molar-refractivity contribution is 5.85. The van der Waals surface area contributed by atoms with Crippen LogP contribution in [0.2, 0.25) is 0 Å². The summed E-state index contributed by atoms with van der Waals surface area (Å²) >= 11 is 0. The topological polar surface area (TPSA) is 32.3 Å². The molecule has 0 aromatic rings. The minimum absolute atomic E-state index is 0. The second-order valence-corrected chi connectivity index (χ2v) is 6.61. The van der Waals surface area contributed by atoms with Crippen molar-refractivity contribution in [3.63, 3.8) is 0 Å². The average molecular weight is 291 g/mol. The molecule has 0 aliphatic carbocycles. The van der Waals surface area contributed by atoms with E-state index in [0.29, 0.717) is 23.8 Å². The number of halogens is 1. The molecule has 3 nitrogen and oxygen atoms in total. The maximum atomic E-state index is 12.6. The maximum Gasteiger partial charge on any atom is 0.225 e. The van der Waals surface area contributed by atoms with Crippen molar-refractivity contribution in [3.8, 4) is 0 Å². The van der Waals surface area contributed by atoms with E-state index in [-0.39, 0.29) is 18.3 Å². The van der Waals surface area contributed by atoms with Crippen molar-refractivity contribution in [3.05, 3.63) is 0 Å². The van der Waals surface area contributed by atoms with Crippen LogP contribution < -0.4 is 5.32 Å². The van der Waals surface area contributed by atoms with Crippen molar-refractivity contribution >= 4 is 18.3 Å². The molecule has 0 unspecified atom stereocenters. The first-order valence-electron chi connectivity index (χ1n) is 7.42. The van der Waals surface area contributed by atoms with Gasteiger partial charge in [0.25, 0.3) is 0 Å². The van der Waals surface area contributed by atoms with Gasteiger partial charge in [0, 0.05) is 25.0 Å². The van der Waals surface area contributed by atoms with E-state index in [1.165, 1.54) is 0 Å². The molecular formula is C15H31ClN2O. The third kappa shape index (κ3) is 6.62. The lowest BCUT2D eigenvalue weighted by Gasteiger charge is -2.34. The molecule has 1 amide bonds. The first-order chi connectivity index (χ1) is 8.40. The number of hydrogen-bond donors (Lipinski definition) is 1. The van der Waals surface area contributed by atoms with Gasteiger partial charge in [-0.2, -0.15) is 0 Å². The van der Waals surface area contributed by atoms with E-state index in [1.807, 2.05) is 0 Å². The molecule has 114 valence electrons. The van der Waals surface area contributed by atoms with Crippen molar-refractivity contribution in [2.24, 2.45) is 17.8 Å². The van der Waals surface area contributed by atoms with Crippen molar-refractivity contribution in [1.82, 2.24) is 10.2 Å². The largest absolute Gasteiger partial charge is 0.342 e. The van der Waals surface area contributed by atoms with Gasteiger partial charge in [-0.3, -0.25) is 4.79 Å². The van der Waals surface area contributed by atoms with E-state index in [1.54, 1.807) is 0 Å². The van der Waals surface area contributed by atoms with Gasteiger partial charge in [0.05, 0.1) is 0 Å².